The minimum absolute atomic E-state index is 0.0259. The number of hydrogen-bond acceptors (Lipinski definition) is 15. The molecule has 440 valence electrons. The van der Waals surface area contributed by atoms with Gasteiger partial charge in [0.05, 0.1) is 7.11 Å². The number of likely N-dealkylation sites (N-methyl/N-ethyl adjacent to an activating group) is 1. The number of nitrogens with one attached hydrogen (secondary N) is 6. The van der Waals surface area contributed by atoms with E-state index in [1.54, 1.807) is 77.1 Å². The van der Waals surface area contributed by atoms with Crippen LogP contribution in [0.4, 0.5) is 0 Å². The molecule has 81 heavy (non-hydrogen) atoms. The van der Waals surface area contributed by atoms with Crippen molar-refractivity contribution in [2.75, 3.05) is 14.2 Å². The molecule has 0 spiro atoms. The first-order valence-electron chi connectivity index (χ1n) is 27.4. The second kappa shape index (κ2) is 29.9. The van der Waals surface area contributed by atoms with Crippen molar-refractivity contribution < 1.29 is 72.7 Å². The molecule has 23 heteroatoms. The maximum Gasteiger partial charge on any atom is 0.329 e. The summed E-state index contributed by atoms with van der Waals surface area (Å²) in [5, 5.41) is 47.3. The van der Waals surface area contributed by atoms with Gasteiger partial charge in [0.15, 0.2) is 0 Å². The lowest BCUT2D eigenvalue weighted by Crippen LogP contribution is -2.66. The fourth-order valence-corrected chi connectivity index (χ4v) is 9.70. The number of piperidine rings is 1. The Morgan fingerprint density at radius 1 is 0.728 bits per heavy atom. The molecule has 0 unspecified atom stereocenters. The highest BCUT2D eigenvalue weighted by molar-refractivity contribution is 5.98. The van der Waals surface area contributed by atoms with Gasteiger partial charge < -0.3 is 66.5 Å². The van der Waals surface area contributed by atoms with Crippen LogP contribution in [0.1, 0.15) is 103 Å². The molecule has 2 saturated heterocycles. The van der Waals surface area contributed by atoms with Crippen molar-refractivity contribution in [1.82, 2.24) is 41.7 Å². The second-order valence-electron chi connectivity index (χ2n) is 21.1. The Kier molecular flexibility index (Phi) is 23.6. The Balaban J connectivity index is 1.54. The molecule has 3 aromatic rings. The monoisotopic (exact) mass is 1130 g/mol. The molecular formula is C58H78N8O15. The molecule has 0 aromatic heterocycles. The molecule has 3 aromatic carbocycles. The summed E-state index contributed by atoms with van der Waals surface area (Å²) in [6.07, 6.45) is -3.70. The zero-order valence-corrected chi connectivity index (χ0v) is 47.1. The summed E-state index contributed by atoms with van der Waals surface area (Å²) < 4.78 is 10.9. The predicted molar refractivity (Wildman–Crippen MR) is 294 cm³/mol. The quantitative estimate of drug-likeness (QED) is 0.0770. The Hall–Kier alpha value is -8.08. The van der Waals surface area contributed by atoms with Crippen LogP contribution in [0.2, 0.25) is 0 Å². The topological polar surface area (TPSA) is 329 Å². The largest absolute Gasteiger partial charge is 0.508 e. The van der Waals surface area contributed by atoms with Crippen LogP contribution in [-0.4, -0.2) is 159 Å². The van der Waals surface area contributed by atoms with E-state index in [1.807, 2.05) is 0 Å². The van der Waals surface area contributed by atoms with Crippen LogP contribution in [0.25, 0.3) is 0 Å². The third-order valence-electron chi connectivity index (χ3n) is 14.6. The molecule has 0 radical (unpaired) electrons. The van der Waals surface area contributed by atoms with Crippen molar-refractivity contribution in [2.24, 2.45) is 11.8 Å². The summed E-state index contributed by atoms with van der Waals surface area (Å²) in [5.41, 5.74) is 1.63. The number of cyclic esters (lactones) is 1. The van der Waals surface area contributed by atoms with E-state index >= 15 is 0 Å². The van der Waals surface area contributed by atoms with E-state index in [-0.39, 0.29) is 50.0 Å². The smallest absolute Gasteiger partial charge is 0.329 e. The highest BCUT2D eigenvalue weighted by Gasteiger charge is 2.47. The minimum atomic E-state index is -1.81. The van der Waals surface area contributed by atoms with Crippen LogP contribution < -0.4 is 31.9 Å². The van der Waals surface area contributed by atoms with E-state index in [2.05, 4.69) is 31.9 Å². The van der Waals surface area contributed by atoms with Gasteiger partial charge in [-0.05, 0) is 85.4 Å². The molecule has 2 aliphatic heterocycles. The van der Waals surface area contributed by atoms with Crippen molar-refractivity contribution in [3.63, 3.8) is 0 Å². The van der Waals surface area contributed by atoms with Crippen LogP contribution in [-0.2, 0) is 76.7 Å². The molecular weight excluding hydrogens is 1050 g/mol. The number of rotatable bonds is 19. The maximum atomic E-state index is 14.9. The number of benzene rings is 3. The van der Waals surface area contributed by atoms with Gasteiger partial charge in [0.25, 0.3) is 0 Å². The van der Waals surface area contributed by atoms with E-state index in [0.29, 0.717) is 29.5 Å². The fourth-order valence-electron chi connectivity index (χ4n) is 9.70. The number of ether oxygens (including phenoxy) is 2. The minimum Gasteiger partial charge on any atom is -0.508 e. The third kappa shape index (κ3) is 17.7. The lowest BCUT2D eigenvalue weighted by Gasteiger charge is -2.44. The van der Waals surface area contributed by atoms with Gasteiger partial charge >= 0.3 is 11.9 Å². The van der Waals surface area contributed by atoms with Gasteiger partial charge in [-0.25, -0.2) is 9.59 Å². The van der Waals surface area contributed by atoms with E-state index in [1.165, 1.54) is 55.3 Å². The molecule has 2 fully saturated rings. The fraction of sp³-hybridized carbons (Fsp3) is 0.517. The van der Waals surface area contributed by atoms with Gasteiger partial charge in [0.1, 0.15) is 72.2 Å². The molecule has 0 aliphatic carbocycles. The van der Waals surface area contributed by atoms with Crippen LogP contribution in [0.3, 0.4) is 0 Å². The van der Waals surface area contributed by atoms with Gasteiger partial charge in [0, 0.05) is 39.2 Å². The highest BCUT2D eigenvalue weighted by Crippen LogP contribution is 2.27. The molecule has 2 bridgehead atoms. The standard InChI is InChI=1S/C58H78N8O15/c1-9-14-45(69)59-42(29-36-17-21-38(67)22-18-36)51(72)61-41(57(78)80-8)25-27-46(70)63-49-34(6)81-58(79)48(33(5)10-2)64-53(74)44(31-35-15-12-11-13-16-35)65(7)56(77)50(32(3)4)66-47(71)28-26-40(55(66)76)60-52(73)43(62-54(49)75)30-37-19-23-39(68)24-20-37/h11-13,15-24,32-34,40-44,47-50,67-68,71H,9-10,14,25-31H2,1-8H3,(H,59,69)(H,60,73)(H,61,72)(H,62,75)(H,63,70)(H,64,74)/t33-,34-,40-,41-,42-,43-,44+,47+,48-,49-,50-/m0/s1. The number of esters is 2. The predicted octanol–water partition coefficient (Wildman–Crippen LogP) is 1.57. The summed E-state index contributed by atoms with van der Waals surface area (Å²) in [6, 6.07) is 8.92. The number of aliphatic hydroxyl groups is 1. The maximum absolute atomic E-state index is 14.9. The van der Waals surface area contributed by atoms with Gasteiger partial charge in [-0.2, -0.15) is 0 Å². The molecule has 23 nitrogen and oxygen atoms in total. The zero-order chi connectivity index (χ0) is 59.7. The number of fused-ring (bicyclic) bond motifs is 2. The van der Waals surface area contributed by atoms with E-state index in [0.717, 1.165) is 12.0 Å². The van der Waals surface area contributed by atoms with E-state index in [4.69, 9.17) is 9.47 Å². The van der Waals surface area contributed by atoms with Crippen LogP contribution in [0, 0.1) is 11.8 Å². The first-order valence-corrected chi connectivity index (χ1v) is 27.4. The third-order valence-corrected chi connectivity index (χ3v) is 14.6. The molecule has 2 aliphatic rings. The summed E-state index contributed by atoms with van der Waals surface area (Å²) in [5.74, 6) is -9.81. The van der Waals surface area contributed by atoms with Crippen molar-refractivity contribution in [3.8, 4) is 11.5 Å². The van der Waals surface area contributed by atoms with E-state index in [9.17, 15) is 63.3 Å². The number of phenolic OH excluding ortho intramolecular Hbond substituents is 2. The van der Waals surface area contributed by atoms with Crippen molar-refractivity contribution in [1.29, 1.82) is 0 Å². The Morgan fingerprint density at radius 2 is 1.35 bits per heavy atom. The van der Waals surface area contributed by atoms with Gasteiger partial charge in [-0.1, -0.05) is 95.6 Å². The molecule has 9 N–H and O–H groups in total. The summed E-state index contributed by atoms with van der Waals surface area (Å²) in [6.45, 7) is 9.84. The molecule has 11 atom stereocenters. The number of aliphatic hydroxyl groups excluding tert-OH is 1. The molecule has 8 amide bonds. The molecule has 5 rings (SSSR count). The van der Waals surface area contributed by atoms with E-state index < -0.39 is 145 Å². The van der Waals surface area contributed by atoms with Crippen molar-refractivity contribution in [3.05, 3.63) is 95.6 Å². The highest BCUT2D eigenvalue weighted by atomic mass is 16.5. The van der Waals surface area contributed by atoms with Gasteiger partial charge in [-0.15, -0.1) is 0 Å². The number of carbonyl (C=O) groups excluding carboxylic acids is 10. The normalized spacial score (nSPS) is 23.4. The summed E-state index contributed by atoms with van der Waals surface area (Å²) in [7, 11) is 2.45. The number of hydrogen-bond donors (Lipinski definition) is 9. The number of nitrogens with zero attached hydrogens (tertiary/aromatic N) is 2. The zero-order valence-electron chi connectivity index (χ0n) is 47.1. The SMILES string of the molecule is CCCC(=O)N[C@@H](Cc1ccc(O)cc1)C(=O)N[C@@H](CCC(=O)N[C@@H]1C(=O)N[C@@H](Cc2ccc(O)cc2)C(=O)N[C@H]2CC[C@@H](O)N(C2=O)[C@@H](C(C)C)C(=O)N(C)[C@H](Cc2ccccc2)C(=O)N[C@@H]([C@@H](C)CC)C(=O)O[C@H]1C)C(=O)OC. The lowest BCUT2D eigenvalue weighted by molar-refractivity contribution is -0.167. The van der Waals surface area contributed by atoms with Crippen LogP contribution in [0.15, 0.2) is 78.9 Å². The number of methoxy groups -OCH3 is 1. The molecule has 0 saturated carbocycles. The first kappa shape index (κ1) is 63.7. The van der Waals surface area contributed by atoms with Crippen molar-refractivity contribution >= 4 is 59.2 Å². The number of aromatic hydroxyl groups is 2. The van der Waals surface area contributed by atoms with Gasteiger partial charge in [0.2, 0.25) is 47.3 Å². The molecule has 2 heterocycles. The van der Waals surface area contributed by atoms with Gasteiger partial charge in [-0.3, -0.25) is 38.4 Å². The Bertz CT molecular complexity index is 2690. The van der Waals surface area contributed by atoms with Crippen molar-refractivity contribution in [2.45, 2.75) is 166 Å². The Labute approximate surface area is 471 Å². The summed E-state index contributed by atoms with van der Waals surface area (Å²) in [4.78, 5) is 144. The number of amides is 8. The van der Waals surface area contributed by atoms with Crippen LogP contribution in [0.5, 0.6) is 11.5 Å². The second-order valence-corrected chi connectivity index (χ2v) is 21.1. The number of carbonyl (C=O) groups is 10. The lowest BCUT2D eigenvalue weighted by atomic mass is 9.93. The average Bonchev–Trinajstić information content (AvgIpc) is 3.60. The summed E-state index contributed by atoms with van der Waals surface area (Å²) >= 11 is 0. The Morgan fingerprint density at radius 3 is 1.94 bits per heavy atom. The first-order chi connectivity index (χ1) is 38.5. The van der Waals surface area contributed by atoms with Crippen LogP contribution >= 0.6 is 0 Å². The average molecular weight is 1130 g/mol. The number of phenols is 2.